The van der Waals surface area contributed by atoms with Crippen LogP contribution in [0, 0.1) is 0 Å². The molecule has 1 aliphatic rings. The van der Waals surface area contributed by atoms with Crippen molar-refractivity contribution < 1.29 is 5.11 Å². The smallest absolute Gasteiger partial charge is 0.0662 e. The monoisotopic (exact) mass is 234 g/mol. The molecule has 1 aromatic rings. The van der Waals surface area contributed by atoms with Gasteiger partial charge in [0.25, 0.3) is 0 Å². The Morgan fingerprint density at radius 1 is 1.24 bits per heavy atom. The molecule has 0 spiro atoms. The number of aliphatic hydroxyl groups excluding tert-OH is 1. The van der Waals surface area contributed by atoms with Crippen molar-refractivity contribution >= 4 is 5.69 Å². The molecule has 3 nitrogen and oxygen atoms in total. The molecular weight excluding hydrogens is 212 g/mol. The summed E-state index contributed by atoms with van der Waals surface area (Å²) in [5.74, 6) is 0. The van der Waals surface area contributed by atoms with Gasteiger partial charge in [0.15, 0.2) is 0 Å². The number of nitrogens with zero attached hydrogens (tertiary/aromatic N) is 1. The van der Waals surface area contributed by atoms with Gasteiger partial charge in [0.05, 0.1) is 12.1 Å². The Bertz CT molecular complexity index is 341. The van der Waals surface area contributed by atoms with Gasteiger partial charge in [0, 0.05) is 12.2 Å². The molecule has 0 aliphatic carbocycles. The summed E-state index contributed by atoms with van der Waals surface area (Å²) in [6, 6.07) is 10.2. The average molecular weight is 234 g/mol. The van der Waals surface area contributed by atoms with E-state index in [1.165, 1.54) is 0 Å². The first kappa shape index (κ1) is 12.4. The van der Waals surface area contributed by atoms with Crippen LogP contribution in [-0.2, 0) is 0 Å². The summed E-state index contributed by atoms with van der Waals surface area (Å²) in [7, 11) is 2.15. The zero-order chi connectivity index (χ0) is 12.1. The second kappa shape index (κ2) is 5.52. The van der Waals surface area contributed by atoms with Crippen molar-refractivity contribution in [3.8, 4) is 0 Å². The molecule has 0 saturated carbocycles. The molecule has 1 heterocycles. The van der Waals surface area contributed by atoms with Gasteiger partial charge >= 0.3 is 0 Å². The third kappa shape index (κ3) is 3.20. The number of likely N-dealkylation sites (tertiary alicyclic amines) is 1. The molecule has 1 saturated heterocycles. The second-order valence-corrected chi connectivity index (χ2v) is 5.09. The zero-order valence-electron chi connectivity index (χ0n) is 10.5. The average Bonchev–Trinajstić information content (AvgIpc) is 2.54. The second-order valence-electron chi connectivity index (χ2n) is 5.09. The summed E-state index contributed by atoms with van der Waals surface area (Å²) in [4.78, 5) is 2.34. The maximum absolute atomic E-state index is 9.73. The molecule has 94 valence electrons. The van der Waals surface area contributed by atoms with E-state index < -0.39 is 0 Å². The lowest BCUT2D eigenvalue weighted by atomic mass is 9.91. The minimum atomic E-state index is -0.147. The fourth-order valence-corrected chi connectivity index (χ4v) is 2.48. The lowest BCUT2D eigenvalue weighted by Crippen LogP contribution is -2.42. The first-order valence-electron chi connectivity index (χ1n) is 6.37. The van der Waals surface area contributed by atoms with Crippen molar-refractivity contribution in [3.05, 3.63) is 30.3 Å². The van der Waals surface area contributed by atoms with Crippen molar-refractivity contribution in [2.75, 3.05) is 32.1 Å². The van der Waals surface area contributed by atoms with E-state index in [-0.39, 0.29) is 12.1 Å². The predicted octanol–water partition coefficient (Wildman–Crippen LogP) is 1.95. The molecule has 1 fully saturated rings. The molecule has 2 N–H and O–H groups in total. The first-order valence-corrected chi connectivity index (χ1v) is 6.37. The summed E-state index contributed by atoms with van der Waals surface area (Å²) in [6.07, 6.45) is 3.16. The Morgan fingerprint density at radius 3 is 2.71 bits per heavy atom. The van der Waals surface area contributed by atoms with Gasteiger partial charge in [-0.3, -0.25) is 0 Å². The minimum absolute atomic E-state index is 0.147. The molecule has 0 amide bonds. The Balaban J connectivity index is 2.08. The predicted molar refractivity (Wildman–Crippen MR) is 71.2 cm³/mol. The lowest BCUT2D eigenvalue weighted by molar-refractivity contribution is 0.195. The van der Waals surface area contributed by atoms with Crippen molar-refractivity contribution in [2.45, 2.75) is 24.8 Å². The third-order valence-corrected chi connectivity index (χ3v) is 3.65. The van der Waals surface area contributed by atoms with Crippen LogP contribution in [0.4, 0.5) is 5.69 Å². The fraction of sp³-hybridized carbons (Fsp3) is 0.571. The van der Waals surface area contributed by atoms with Gasteiger partial charge in [0.2, 0.25) is 0 Å². The van der Waals surface area contributed by atoms with Gasteiger partial charge in [-0.05, 0) is 45.0 Å². The number of para-hydroxylation sites is 1. The van der Waals surface area contributed by atoms with E-state index >= 15 is 0 Å². The third-order valence-electron chi connectivity index (χ3n) is 3.65. The normalized spacial score (nSPS) is 26.5. The van der Waals surface area contributed by atoms with E-state index in [1.807, 2.05) is 18.2 Å². The van der Waals surface area contributed by atoms with E-state index in [0.717, 1.165) is 38.0 Å². The highest BCUT2D eigenvalue weighted by molar-refractivity contribution is 5.45. The number of rotatable bonds is 3. The van der Waals surface area contributed by atoms with Gasteiger partial charge in [-0.15, -0.1) is 0 Å². The summed E-state index contributed by atoms with van der Waals surface area (Å²) >= 11 is 0. The quantitative estimate of drug-likeness (QED) is 0.839. The number of hydrogen-bond acceptors (Lipinski definition) is 3. The van der Waals surface area contributed by atoms with E-state index in [0.29, 0.717) is 0 Å². The Hall–Kier alpha value is -1.06. The summed E-state index contributed by atoms with van der Waals surface area (Å²) in [5.41, 5.74) is 0.956. The number of hydrogen-bond donors (Lipinski definition) is 2. The van der Waals surface area contributed by atoms with Crippen LogP contribution in [0.1, 0.15) is 19.3 Å². The topological polar surface area (TPSA) is 35.5 Å². The maximum atomic E-state index is 9.73. The van der Waals surface area contributed by atoms with Crippen molar-refractivity contribution in [2.24, 2.45) is 0 Å². The summed E-state index contributed by atoms with van der Waals surface area (Å²) in [5, 5.41) is 13.3. The first-order chi connectivity index (χ1) is 8.24. The van der Waals surface area contributed by atoms with Crippen LogP contribution in [0.3, 0.4) is 0 Å². The van der Waals surface area contributed by atoms with Gasteiger partial charge in [-0.1, -0.05) is 18.2 Å². The Kier molecular flexibility index (Phi) is 4.02. The Morgan fingerprint density at radius 2 is 2.00 bits per heavy atom. The van der Waals surface area contributed by atoms with Gasteiger partial charge in [0.1, 0.15) is 0 Å². The molecule has 1 aliphatic heterocycles. The van der Waals surface area contributed by atoms with Crippen molar-refractivity contribution in [3.63, 3.8) is 0 Å². The molecule has 0 radical (unpaired) electrons. The Labute approximate surface area is 103 Å². The van der Waals surface area contributed by atoms with E-state index in [2.05, 4.69) is 29.4 Å². The van der Waals surface area contributed by atoms with E-state index in [1.54, 1.807) is 0 Å². The van der Waals surface area contributed by atoms with Gasteiger partial charge in [-0.2, -0.15) is 0 Å². The molecular formula is C14H22N2O. The van der Waals surface area contributed by atoms with Crippen LogP contribution < -0.4 is 5.32 Å². The van der Waals surface area contributed by atoms with Crippen molar-refractivity contribution in [1.29, 1.82) is 0 Å². The minimum Gasteiger partial charge on any atom is -0.394 e. The number of anilines is 1. The highest BCUT2D eigenvalue weighted by atomic mass is 16.3. The van der Waals surface area contributed by atoms with Crippen LogP contribution in [0.2, 0.25) is 0 Å². The number of aliphatic hydroxyl groups is 1. The molecule has 3 heteroatoms. The molecule has 1 atom stereocenters. The number of benzene rings is 1. The summed E-state index contributed by atoms with van der Waals surface area (Å²) in [6.45, 7) is 2.37. The largest absolute Gasteiger partial charge is 0.394 e. The van der Waals surface area contributed by atoms with Crippen LogP contribution in [0.5, 0.6) is 0 Å². The van der Waals surface area contributed by atoms with Crippen molar-refractivity contribution in [1.82, 2.24) is 4.90 Å². The molecule has 0 bridgehead atoms. The lowest BCUT2D eigenvalue weighted by Gasteiger charge is -2.33. The zero-order valence-corrected chi connectivity index (χ0v) is 10.5. The standard InChI is InChI=1S/C14H22N2O/c1-16-10-5-8-14(12-17,9-11-16)15-13-6-3-2-4-7-13/h2-4,6-7,15,17H,5,8-12H2,1H3. The van der Waals surface area contributed by atoms with E-state index in [4.69, 9.17) is 0 Å². The molecule has 0 aromatic heterocycles. The van der Waals surface area contributed by atoms with Crippen LogP contribution in [0.15, 0.2) is 30.3 Å². The molecule has 17 heavy (non-hydrogen) atoms. The molecule has 2 rings (SSSR count). The SMILES string of the molecule is CN1CCCC(CO)(Nc2ccccc2)CC1. The maximum Gasteiger partial charge on any atom is 0.0662 e. The highest BCUT2D eigenvalue weighted by Crippen LogP contribution is 2.26. The van der Waals surface area contributed by atoms with Crippen LogP contribution in [0.25, 0.3) is 0 Å². The number of nitrogens with one attached hydrogen (secondary N) is 1. The summed E-state index contributed by atoms with van der Waals surface area (Å²) < 4.78 is 0. The van der Waals surface area contributed by atoms with Crippen LogP contribution in [-0.4, -0.2) is 42.3 Å². The van der Waals surface area contributed by atoms with Crippen LogP contribution >= 0.6 is 0 Å². The van der Waals surface area contributed by atoms with Gasteiger partial charge in [-0.25, -0.2) is 0 Å². The highest BCUT2D eigenvalue weighted by Gasteiger charge is 2.31. The molecule has 1 unspecified atom stereocenters. The van der Waals surface area contributed by atoms with Gasteiger partial charge < -0.3 is 15.3 Å². The fourth-order valence-electron chi connectivity index (χ4n) is 2.48. The van der Waals surface area contributed by atoms with E-state index in [9.17, 15) is 5.11 Å². The molecule has 1 aromatic carbocycles.